The van der Waals surface area contributed by atoms with Crippen LogP contribution in [-0.2, 0) is 0 Å². The van der Waals surface area contributed by atoms with Crippen molar-refractivity contribution in [3.63, 3.8) is 0 Å². The molecular formula is C20H19NO3. The Morgan fingerprint density at radius 1 is 1.04 bits per heavy atom. The topological polar surface area (TPSA) is 59.2 Å². The number of aromatic nitrogens is 1. The average Bonchev–Trinajstić information content (AvgIpc) is 2.90. The number of nitrogens with one attached hydrogen (secondary N) is 1. The van der Waals surface area contributed by atoms with E-state index in [0.29, 0.717) is 16.9 Å². The van der Waals surface area contributed by atoms with Gasteiger partial charge in [-0.1, -0.05) is 18.2 Å². The molecule has 4 heteroatoms. The summed E-state index contributed by atoms with van der Waals surface area (Å²) in [6.45, 7) is 5.14. The number of aromatic amines is 1. The number of hydrogen-bond donors (Lipinski definition) is 1. The van der Waals surface area contributed by atoms with E-state index in [1.165, 1.54) is 6.92 Å². The summed E-state index contributed by atoms with van der Waals surface area (Å²) in [7, 11) is 0. The molecule has 3 aromatic rings. The molecule has 122 valence electrons. The largest absolute Gasteiger partial charge is 0.483 e. The zero-order chi connectivity index (χ0) is 17.3. The number of rotatable bonds is 5. The zero-order valence-electron chi connectivity index (χ0n) is 13.9. The van der Waals surface area contributed by atoms with Crippen LogP contribution in [0.15, 0.2) is 48.5 Å². The highest BCUT2D eigenvalue weighted by Crippen LogP contribution is 2.24. The molecule has 0 radical (unpaired) electrons. The lowest BCUT2D eigenvalue weighted by Crippen LogP contribution is -2.24. The van der Waals surface area contributed by atoms with Gasteiger partial charge in [0, 0.05) is 27.7 Å². The Bertz CT molecular complexity index is 906. The van der Waals surface area contributed by atoms with E-state index in [4.69, 9.17) is 4.74 Å². The highest BCUT2D eigenvalue weighted by Gasteiger charge is 2.22. The molecule has 3 rings (SSSR count). The van der Waals surface area contributed by atoms with Crippen molar-refractivity contribution in [2.24, 2.45) is 0 Å². The van der Waals surface area contributed by atoms with Gasteiger partial charge in [-0.3, -0.25) is 9.59 Å². The van der Waals surface area contributed by atoms with E-state index < -0.39 is 6.10 Å². The molecule has 0 amide bonds. The van der Waals surface area contributed by atoms with Crippen LogP contribution < -0.4 is 4.74 Å². The summed E-state index contributed by atoms with van der Waals surface area (Å²) in [6, 6.07) is 14.6. The lowest BCUT2D eigenvalue weighted by atomic mass is 10.0. The third-order valence-corrected chi connectivity index (χ3v) is 4.08. The first-order valence-electron chi connectivity index (χ1n) is 7.86. The Hall–Kier alpha value is -2.88. The second kappa shape index (κ2) is 6.32. The van der Waals surface area contributed by atoms with Gasteiger partial charge in [0.05, 0.1) is 0 Å². The fraction of sp³-hybridized carbons (Fsp3) is 0.200. The third kappa shape index (κ3) is 2.95. The van der Waals surface area contributed by atoms with Gasteiger partial charge in [0.2, 0.25) is 5.78 Å². The second-order valence-corrected chi connectivity index (χ2v) is 5.88. The van der Waals surface area contributed by atoms with E-state index >= 15 is 0 Å². The molecule has 4 nitrogen and oxygen atoms in total. The number of aryl methyl sites for hydroxylation is 1. The first kappa shape index (κ1) is 16.0. The van der Waals surface area contributed by atoms with Crippen molar-refractivity contribution in [1.29, 1.82) is 0 Å². The Morgan fingerprint density at radius 3 is 2.38 bits per heavy atom. The van der Waals surface area contributed by atoms with Crippen LogP contribution in [0.2, 0.25) is 0 Å². The van der Waals surface area contributed by atoms with E-state index in [-0.39, 0.29) is 11.6 Å². The predicted octanol–water partition coefficient (Wildman–Crippen LogP) is 4.33. The molecule has 2 aromatic carbocycles. The standard InChI is InChI=1S/C20H19NO3/c1-12-19(17-6-4-5-7-18(17)21-12)20(23)14(3)24-16-10-8-15(9-11-16)13(2)22/h4-11,14,21H,1-3H3/t14-/m0/s1. The van der Waals surface area contributed by atoms with Gasteiger partial charge in [0.25, 0.3) is 0 Å². The van der Waals surface area contributed by atoms with Crippen LogP contribution in [0.1, 0.15) is 40.3 Å². The number of fused-ring (bicyclic) bond motifs is 1. The fourth-order valence-corrected chi connectivity index (χ4v) is 2.82. The highest BCUT2D eigenvalue weighted by molar-refractivity contribution is 6.11. The molecule has 0 spiro atoms. The molecule has 0 fully saturated rings. The number of hydrogen-bond acceptors (Lipinski definition) is 3. The first-order valence-corrected chi connectivity index (χ1v) is 7.86. The third-order valence-electron chi connectivity index (χ3n) is 4.08. The molecule has 0 bridgehead atoms. The number of ether oxygens (including phenoxy) is 1. The van der Waals surface area contributed by atoms with Crippen molar-refractivity contribution < 1.29 is 14.3 Å². The summed E-state index contributed by atoms with van der Waals surface area (Å²) in [6.07, 6.45) is -0.619. The molecular weight excluding hydrogens is 302 g/mol. The molecule has 1 N–H and O–H groups in total. The maximum Gasteiger partial charge on any atom is 0.205 e. The van der Waals surface area contributed by atoms with Crippen LogP contribution in [0.5, 0.6) is 5.75 Å². The lowest BCUT2D eigenvalue weighted by Gasteiger charge is -2.14. The maximum atomic E-state index is 12.8. The fourth-order valence-electron chi connectivity index (χ4n) is 2.82. The highest BCUT2D eigenvalue weighted by atomic mass is 16.5. The van der Waals surface area contributed by atoms with Crippen molar-refractivity contribution in [2.45, 2.75) is 26.9 Å². The monoisotopic (exact) mass is 321 g/mol. The van der Waals surface area contributed by atoms with Crippen molar-refractivity contribution in [3.8, 4) is 5.75 Å². The quantitative estimate of drug-likeness (QED) is 0.712. The van der Waals surface area contributed by atoms with Crippen LogP contribution in [0.3, 0.4) is 0 Å². The molecule has 0 unspecified atom stereocenters. The van der Waals surface area contributed by atoms with Crippen LogP contribution in [0.25, 0.3) is 10.9 Å². The molecule has 1 heterocycles. The van der Waals surface area contributed by atoms with E-state index in [1.807, 2.05) is 31.2 Å². The molecule has 1 aromatic heterocycles. The number of H-pyrrole nitrogens is 1. The number of Topliss-reactive ketones (excluding diaryl/α,β-unsaturated/α-hetero) is 2. The summed E-state index contributed by atoms with van der Waals surface area (Å²) in [4.78, 5) is 27.4. The lowest BCUT2D eigenvalue weighted by molar-refractivity contribution is 0.0818. The van der Waals surface area contributed by atoms with E-state index in [9.17, 15) is 9.59 Å². The average molecular weight is 321 g/mol. The van der Waals surface area contributed by atoms with Crippen molar-refractivity contribution >= 4 is 22.5 Å². The number of para-hydroxylation sites is 1. The van der Waals surface area contributed by atoms with Gasteiger partial charge in [-0.25, -0.2) is 0 Å². The van der Waals surface area contributed by atoms with Gasteiger partial charge in [-0.05, 0) is 51.1 Å². The maximum absolute atomic E-state index is 12.8. The Labute approximate surface area is 140 Å². The second-order valence-electron chi connectivity index (χ2n) is 5.88. The smallest absolute Gasteiger partial charge is 0.205 e. The summed E-state index contributed by atoms with van der Waals surface area (Å²) < 4.78 is 5.76. The van der Waals surface area contributed by atoms with Crippen molar-refractivity contribution in [3.05, 3.63) is 65.4 Å². The minimum Gasteiger partial charge on any atom is -0.483 e. The molecule has 0 saturated heterocycles. The van der Waals surface area contributed by atoms with Gasteiger partial charge < -0.3 is 9.72 Å². The molecule has 0 aliphatic carbocycles. The molecule has 0 aliphatic rings. The summed E-state index contributed by atoms with van der Waals surface area (Å²) in [5.74, 6) is 0.499. The Morgan fingerprint density at radius 2 is 1.71 bits per heavy atom. The summed E-state index contributed by atoms with van der Waals surface area (Å²) in [5.41, 5.74) is 3.06. The van der Waals surface area contributed by atoms with Gasteiger partial charge in [-0.2, -0.15) is 0 Å². The molecule has 0 aliphatic heterocycles. The first-order chi connectivity index (χ1) is 11.5. The SMILES string of the molecule is CC(=O)c1ccc(O[C@@H](C)C(=O)c2c(C)[nH]c3ccccc23)cc1. The van der Waals surface area contributed by atoms with E-state index in [1.54, 1.807) is 31.2 Å². The van der Waals surface area contributed by atoms with Crippen molar-refractivity contribution in [1.82, 2.24) is 4.98 Å². The summed E-state index contributed by atoms with van der Waals surface area (Å²) in [5, 5.41) is 0.905. The van der Waals surface area contributed by atoms with E-state index in [2.05, 4.69) is 4.98 Å². The molecule has 0 saturated carbocycles. The number of carbonyl (C=O) groups excluding carboxylic acids is 2. The van der Waals surface area contributed by atoms with E-state index in [0.717, 1.165) is 16.6 Å². The van der Waals surface area contributed by atoms with Crippen LogP contribution in [-0.4, -0.2) is 22.7 Å². The number of ketones is 2. The Balaban J connectivity index is 1.84. The van der Waals surface area contributed by atoms with Gasteiger partial charge in [-0.15, -0.1) is 0 Å². The Kier molecular flexibility index (Phi) is 4.21. The normalized spacial score (nSPS) is 12.1. The number of carbonyl (C=O) groups is 2. The summed E-state index contributed by atoms with van der Waals surface area (Å²) >= 11 is 0. The predicted molar refractivity (Wildman–Crippen MR) is 93.9 cm³/mol. The zero-order valence-corrected chi connectivity index (χ0v) is 13.9. The molecule has 1 atom stereocenters. The van der Waals surface area contributed by atoms with Gasteiger partial charge in [0.15, 0.2) is 11.9 Å². The van der Waals surface area contributed by atoms with Gasteiger partial charge in [0.1, 0.15) is 5.75 Å². The van der Waals surface area contributed by atoms with Gasteiger partial charge >= 0.3 is 0 Å². The minimum atomic E-state index is -0.619. The minimum absolute atomic E-state index is 0.0000854. The molecule has 24 heavy (non-hydrogen) atoms. The van der Waals surface area contributed by atoms with Crippen LogP contribution in [0, 0.1) is 6.92 Å². The van der Waals surface area contributed by atoms with Crippen LogP contribution in [0.4, 0.5) is 0 Å². The van der Waals surface area contributed by atoms with Crippen LogP contribution >= 0.6 is 0 Å². The number of benzene rings is 2. The van der Waals surface area contributed by atoms with Crippen molar-refractivity contribution in [2.75, 3.05) is 0 Å².